The molecular formula is C9H12N2O. The van der Waals surface area contributed by atoms with Gasteiger partial charge < -0.3 is 0 Å². The van der Waals surface area contributed by atoms with E-state index >= 15 is 0 Å². The van der Waals surface area contributed by atoms with Crippen LogP contribution in [0.5, 0.6) is 0 Å². The van der Waals surface area contributed by atoms with Crippen molar-refractivity contribution in [3.8, 4) is 0 Å². The fraction of sp³-hybridized carbons (Fsp3) is 0.444. The van der Waals surface area contributed by atoms with E-state index in [9.17, 15) is 4.79 Å². The van der Waals surface area contributed by atoms with Gasteiger partial charge >= 0.3 is 0 Å². The molecule has 12 heavy (non-hydrogen) atoms. The summed E-state index contributed by atoms with van der Waals surface area (Å²) in [5, 5.41) is 0. The van der Waals surface area contributed by atoms with Crippen LogP contribution in [0.1, 0.15) is 13.3 Å². The molecule has 1 amide bonds. The highest BCUT2D eigenvalue weighted by atomic mass is 16.2. The summed E-state index contributed by atoms with van der Waals surface area (Å²) in [6.45, 7) is 2.10. The predicted octanol–water partition coefficient (Wildman–Crippen LogP) is 1.21. The van der Waals surface area contributed by atoms with Gasteiger partial charge in [0.15, 0.2) is 0 Å². The van der Waals surface area contributed by atoms with E-state index in [1.54, 1.807) is 4.68 Å². The van der Waals surface area contributed by atoms with Crippen LogP contribution in [0.15, 0.2) is 24.5 Å². The van der Waals surface area contributed by atoms with Gasteiger partial charge in [-0.2, -0.15) is 0 Å². The van der Waals surface area contributed by atoms with Crippen LogP contribution in [0.4, 0.5) is 0 Å². The number of nitrogens with one attached hydrogen (secondary N) is 1. The normalized spacial score (nSPS) is 26.8. The quantitative estimate of drug-likeness (QED) is 0.700. The molecule has 1 fully saturated rings. The lowest BCUT2D eigenvalue weighted by atomic mass is 10.3. The molecule has 1 saturated carbocycles. The van der Waals surface area contributed by atoms with Crippen molar-refractivity contribution in [3.63, 3.8) is 0 Å². The molecule has 2 rings (SSSR count). The second-order valence-corrected chi connectivity index (χ2v) is 3.39. The van der Waals surface area contributed by atoms with Gasteiger partial charge in [0.25, 0.3) is 0 Å². The van der Waals surface area contributed by atoms with Crippen LogP contribution in [-0.2, 0) is 4.79 Å². The van der Waals surface area contributed by atoms with E-state index in [-0.39, 0.29) is 11.8 Å². The molecule has 64 valence electrons. The van der Waals surface area contributed by atoms with Crippen molar-refractivity contribution in [2.45, 2.75) is 13.3 Å². The lowest BCUT2D eigenvalue weighted by Crippen LogP contribution is -2.23. The molecule has 0 unspecified atom stereocenters. The summed E-state index contributed by atoms with van der Waals surface area (Å²) in [4.78, 5) is 11.4. The van der Waals surface area contributed by atoms with Gasteiger partial charge in [0.1, 0.15) is 0 Å². The number of hydrogen-bond donors (Lipinski definition) is 1. The van der Waals surface area contributed by atoms with E-state index in [0.29, 0.717) is 5.92 Å². The average Bonchev–Trinajstić information content (AvgIpc) is 2.58. The van der Waals surface area contributed by atoms with Crippen LogP contribution >= 0.6 is 0 Å². The molecule has 3 nitrogen and oxygen atoms in total. The topological polar surface area (TPSA) is 34.0 Å². The number of carbonyl (C=O) groups excluding carboxylic acids is 1. The fourth-order valence-corrected chi connectivity index (χ4v) is 1.31. The first-order valence-corrected chi connectivity index (χ1v) is 4.21. The maximum Gasteiger partial charge on any atom is 0.242 e. The summed E-state index contributed by atoms with van der Waals surface area (Å²) < 4.78 is 1.69. The Balaban J connectivity index is 1.92. The molecule has 0 radical (unpaired) electrons. The highest BCUT2D eigenvalue weighted by molar-refractivity contribution is 5.88. The first-order valence-electron chi connectivity index (χ1n) is 4.21. The van der Waals surface area contributed by atoms with Gasteiger partial charge in [0.05, 0.1) is 0 Å². The Kier molecular flexibility index (Phi) is 1.64. The Hall–Kier alpha value is -1.25. The summed E-state index contributed by atoms with van der Waals surface area (Å²) in [5.74, 6) is 0.951. The van der Waals surface area contributed by atoms with E-state index in [1.165, 1.54) is 0 Å². The van der Waals surface area contributed by atoms with Crippen molar-refractivity contribution in [1.29, 1.82) is 0 Å². The molecule has 0 aliphatic heterocycles. The monoisotopic (exact) mass is 164 g/mol. The van der Waals surface area contributed by atoms with E-state index in [0.717, 1.165) is 6.42 Å². The summed E-state index contributed by atoms with van der Waals surface area (Å²) in [7, 11) is 0. The molecule has 1 aliphatic carbocycles. The largest absolute Gasteiger partial charge is 0.273 e. The second-order valence-electron chi connectivity index (χ2n) is 3.39. The molecule has 1 aromatic rings. The van der Waals surface area contributed by atoms with Gasteiger partial charge in [-0.15, -0.1) is 0 Å². The average molecular weight is 164 g/mol. The van der Waals surface area contributed by atoms with Gasteiger partial charge in [-0.25, -0.2) is 0 Å². The van der Waals surface area contributed by atoms with Crippen molar-refractivity contribution in [3.05, 3.63) is 24.5 Å². The molecule has 0 aromatic carbocycles. The first kappa shape index (κ1) is 7.40. The third-order valence-corrected chi connectivity index (χ3v) is 2.29. The SMILES string of the molecule is C[C@H]1C[C@@H]1C(=O)Nn1cccc1. The fourth-order valence-electron chi connectivity index (χ4n) is 1.31. The van der Waals surface area contributed by atoms with Crippen LogP contribution < -0.4 is 5.43 Å². The van der Waals surface area contributed by atoms with E-state index < -0.39 is 0 Å². The van der Waals surface area contributed by atoms with E-state index in [1.807, 2.05) is 24.5 Å². The van der Waals surface area contributed by atoms with Gasteiger partial charge in [-0.05, 0) is 24.5 Å². The Morgan fingerprint density at radius 2 is 2.08 bits per heavy atom. The maximum absolute atomic E-state index is 11.4. The first-order chi connectivity index (χ1) is 5.77. The summed E-state index contributed by atoms with van der Waals surface area (Å²) in [6, 6.07) is 3.77. The van der Waals surface area contributed by atoms with Gasteiger partial charge in [-0.3, -0.25) is 14.9 Å². The van der Waals surface area contributed by atoms with Crippen molar-refractivity contribution in [2.75, 3.05) is 5.43 Å². The molecule has 3 heteroatoms. The number of aromatic nitrogens is 1. The summed E-state index contributed by atoms with van der Waals surface area (Å²) in [6.07, 6.45) is 4.68. The minimum Gasteiger partial charge on any atom is -0.273 e. The van der Waals surface area contributed by atoms with Gasteiger partial charge in [0, 0.05) is 18.3 Å². The van der Waals surface area contributed by atoms with Crippen molar-refractivity contribution in [2.24, 2.45) is 11.8 Å². The van der Waals surface area contributed by atoms with Crippen LogP contribution in [-0.4, -0.2) is 10.6 Å². The lowest BCUT2D eigenvalue weighted by molar-refractivity contribution is -0.118. The molecule has 0 saturated heterocycles. The number of hydrogen-bond acceptors (Lipinski definition) is 1. The van der Waals surface area contributed by atoms with Crippen LogP contribution in [0.3, 0.4) is 0 Å². The summed E-state index contributed by atoms with van der Waals surface area (Å²) in [5.41, 5.74) is 2.79. The number of carbonyl (C=O) groups is 1. The van der Waals surface area contributed by atoms with E-state index in [4.69, 9.17) is 0 Å². The zero-order valence-electron chi connectivity index (χ0n) is 7.03. The van der Waals surface area contributed by atoms with Crippen LogP contribution in [0.2, 0.25) is 0 Å². The molecule has 1 aromatic heterocycles. The molecule has 1 heterocycles. The minimum atomic E-state index is 0.138. The van der Waals surface area contributed by atoms with E-state index in [2.05, 4.69) is 12.3 Å². The third kappa shape index (κ3) is 1.35. The van der Waals surface area contributed by atoms with Crippen molar-refractivity contribution in [1.82, 2.24) is 4.68 Å². The predicted molar refractivity (Wildman–Crippen MR) is 46.1 cm³/mol. The molecule has 0 spiro atoms. The lowest BCUT2D eigenvalue weighted by Gasteiger charge is -2.03. The standard InChI is InChI=1S/C9H12N2O/c1-7-6-8(7)9(12)10-11-4-2-3-5-11/h2-5,7-8H,6H2,1H3,(H,10,12)/t7-,8-/m0/s1. The Labute approximate surface area is 71.4 Å². The number of nitrogens with zero attached hydrogens (tertiary/aromatic N) is 1. The van der Waals surface area contributed by atoms with Gasteiger partial charge in [-0.1, -0.05) is 6.92 Å². The highest BCUT2D eigenvalue weighted by Gasteiger charge is 2.39. The van der Waals surface area contributed by atoms with Crippen molar-refractivity contribution >= 4 is 5.91 Å². The molecule has 2 atom stereocenters. The zero-order valence-corrected chi connectivity index (χ0v) is 7.03. The molecule has 0 bridgehead atoms. The Morgan fingerprint density at radius 3 is 2.58 bits per heavy atom. The maximum atomic E-state index is 11.4. The van der Waals surface area contributed by atoms with Crippen LogP contribution in [0.25, 0.3) is 0 Å². The minimum absolute atomic E-state index is 0.138. The number of rotatable bonds is 2. The van der Waals surface area contributed by atoms with Crippen molar-refractivity contribution < 1.29 is 4.79 Å². The Morgan fingerprint density at radius 1 is 1.50 bits per heavy atom. The summed E-state index contributed by atoms with van der Waals surface area (Å²) >= 11 is 0. The number of amides is 1. The van der Waals surface area contributed by atoms with Gasteiger partial charge in [0.2, 0.25) is 5.91 Å². The molecular weight excluding hydrogens is 152 g/mol. The molecule has 1 aliphatic rings. The van der Waals surface area contributed by atoms with Crippen LogP contribution in [0, 0.1) is 11.8 Å². The second kappa shape index (κ2) is 2.66. The third-order valence-electron chi connectivity index (χ3n) is 2.29. The Bertz CT molecular complexity index is 279. The zero-order chi connectivity index (χ0) is 8.55. The smallest absolute Gasteiger partial charge is 0.242 e. The molecule has 1 N–H and O–H groups in total. The highest BCUT2D eigenvalue weighted by Crippen LogP contribution is 2.37.